The van der Waals surface area contributed by atoms with Crippen LogP contribution in [0.3, 0.4) is 0 Å². The summed E-state index contributed by atoms with van der Waals surface area (Å²) in [5.41, 5.74) is 5.25. The van der Waals surface area contributed by atoms with Crippen LogP contribution in [0.1, 0.15) is 16.3 Å². The van der Waals surface area contributed by atoms with Gasteiger partial charge >= 0.3 is 5.97 Å². The first-order chi connectivity index (χ1) is 6.27. The van der Waals surface area contributed by atoms with Crippen LogP contribution in [-0.4, -0.2) is 19.6 Å². The molecule has 1 aromatic heterocycles. The zero-order valence-electron chi connectivity index (χ0n) is 7.32. The molecule has 0 aromatic carbocycles. The van der Waals surface area contributed by atoms with Gasteiger partial charge in [-0.15, -0.1) is 0 Å². The average Bonchev–Trinajstić information content (AvgIpc) is 2.62. The minimum absolute atomic E-state index is 0.194. The Morgan fingerprint density at radius 3 is 3.08 bits per heavy atom. The van der Waals surface area contributed by atoms with E-state index < -0.39 is 5.97 Å². The summed E-state index contributed by atoms with van der Waals surface area (Å²) in [7, 11) is 1.31. The molecule has 0 fully saturated rings. The van der Waals surface area contributed by atoms with E-state index >= 15 is 0 Å². The maximum absolute atomic E-state index is 10.9. The van der Waals surface area contributed by atoms with E-state index in [1.165, 1.54) is 7.11 Å². The molecule has 0 radical (unpaired) electrons. The van der Waals surface area contributed by atoms with Crippen LogP contribution in [0.15, 0.2) is 22.6 Å². The van der Waals surface area contributed by atoms with Crippen molar-refractivity contribution in [3.05, 3.63) is 29.7 Å². The smallest absolute Gasteiger partial charge is 0.373 e. The Balaban J connectivity index is 2.74. The Hall–Kier alpha value is -1.55. The van der Waals surface area contributed by atoms with E-state index in [1.807, 2.05) is 0 Å². The fourth-order valence-electron chi connectivity index (χ4n) is 0.837. The van der Waals surface area contributed by atoms with Crippen LogP contribution >= 0.6 is 0 Å². The number of hydrogen-bond donors (Lipinski definition) is 1. The van der Waals surface area contributed by atoms with Crippen LogP contribution in [0.2, 0.25) is 0 Å². The lowest BCUT2D eigenvalue weighted by Crippen LogP contribution is -1.98. The third kappa shape index (κ3) is 2.45. The summed E-state index contributed by atoms with van der Waals surface area (Å²) < 4.78 is 9.59. The molecule has 70 valence electrons. The van der Waals surface area contributed by atoms with E-state index in [9.17, 15) is 4.79 Å². The van der Waals surface area contributed by atoms with E-state index in [4.69, 9.17) is 10.2 Å². The highest BCUT2D eigenvalue weighted by Crippen LogP contribution is 2.10. The Bertz CT molecular complexity index is 314. The van der Waals surface area contributed by atoms with Gasteiger partial charge in [-0.25, -0.2) is 4.79 Å². The van der Waals surface area contributed by atoms with Crippen molar-refractivity contribution in [3.63, 3.8) is 0 Å². The number of furan rings is 1. The molecule has 0 amide bonds. The van der Waals surface area contributed by atoms with Gasteiger partial charge in [0.1, 0.15) is 5.76 Å². The molecule has 4 nitrogen and oxygen atoms in total. The summed E-state index contributed by atoms with van der Waals surface area (Å²) in [5.74, 6) is 0.303. The van der Waals surface area contributed by atoms with E-state index in [-0.39, 0.29) is 5.76 Å². The number of carbonyl (C=O) groups excluding carboxylic acids is 1. The summed E-state index contributed by atoms with van der Waals surface area (Å²) >= 11 is 0. The van der Waals surface area contributed by atoms with Crippen LogP contribution in [0, 0.1) is 0 Å². The third-order valence-corrected chi connectivity index (χ3v) is 1.43. The molecule has 4 heteroatoms. The van der Waals surface area contributed by atoms with Gasteiger partial charge in [0.2, 0.25) is 5.76 Å². The van der Waals surface area contributed by atoms with Crippen molar-refractivity contribution in [2.75, 3.05) is 13.7 Å². The molecule has 0 spiro atoms. The van der Waals surface area contributed by atoms with Crippen molar-refractivity contribution in [2.45, 2.75) is 0 Å². The van der Waals surface area contributed by atoms with Gasteiger partial charge in [0.05, 0.1) is 7.11 Å². The highest BCUT2D eigenvalue weighted by atomic mass is 16.5. The molecule has 13 heavy (non-hydrogen) atoms. The van der Waals surface area contributed by atoms with Crippen molar-refractivity contribution in [3.8, 4) is 0 Å². The number of carbonyl (C=O) groups is 1. The monoisotopic (exact) mass is 181 g/mol. The SMILES string of the molecule is COC(=O)c1ccc(C=CCN)o1. The van der Waals surface area contributed by atoms with Crippen molar-refractivity contribution < 1.29 is 13.9 Å². The number of ether oxygens (including phenoxy) is 1. The third-order valence-electron chi connectivity index (χ3n) is 1.43. The number of esters is 1. The Morgan fingerprint density at radius 1 is 1.69 bits per heavy atom. The maximum atomic E-state index is 10.9. The van der Waals surface area contributed by atoms with Crippen LogP contribution in [0.5, 0.6) is 0 Å². The maximum Gasteiger partial charge on any atom is 0.373 e. The van der Waals surface area contributed by atoms with E-state index in [1.54, 1.807) is 24.3 Å². The van der Waals surface area contributed by atoms with Gasteiger partial charge in [-0.2, -0.15) is 0 Å². The molecular weight excluding hydrogens is 170 g/mol. The largest absolute Gasteiger partial charge is 0.463 e. The second-order valence-electron chi connectivity index (χ2n) is 2.33. The fourth-order valence-corrected chi connectivity index (χ4v) is 0.837. The summed E-state index contributed by atoms with van der Waals surface area (Å²) in [6, 6.07) is 3.24. The summed E-state index contributed by atoms with van der Waals surface area (Å²) in [4.78, 5) is 10.9. The van der Waals surface area contributed by atoms with E-state index in [0.29, 0.717) is 12.3 Å². The highest BCUT2D eigenvalue weighted by Gasteiger charge is 2.08. The lowest BCUT2D eigenvalue weighted by molar-refractivity contribution is 0.0564. The minimum atomic E-state index is -0.479. The van der Waals surface area contributed by atoms with Gasteiger partial charge in [0.15, 0.2) is 0 Å². The molecule has 0 unspecified atom stereocenters. The molecule has 0 atom stereocenters. The predicted molar refractivity (Wildman–Crippen MR) is 48.1 cm³/mol. The van der Waals surface area contributed by atoms with Crippen molar-refractivity contribution in [1.29, 1.82) is 0 Å². The highest BCUT2D eigenvalue weighted by molar-refractivity contribution is 5.86. The van der Waals surface area contributed by atoms with Gasteiger partial charge in [-0.1, -0.05) is 6.08 Å². The van der Waals surface area contributed by atoms with Crippen LogP contribution in [-0.2, 0) is 4.74 Å². The molecular formula is C9H11NO3. The molecule has 1 aromatic rings. The Morgan fingerprint density at radius 2 is 2.46 bits per heavy atom. The topological polar surface area (TPSA) is 65.5 Å². The van der Waals surface area contributed by atoms with Gasteiger partial charge < -0.3 is 14.9 Å². The van der Waals surface area contributed by atoms with Gasteiger partial charge in [-0.3, -0.25) is 0 Å². The lowest BCUT2D eigenvalue weighted by Gasteiger charge is -1.91. The molecule has 0 aliphatic heterocycles. The first kappa shape index (κ1) is 9.54. The molecule has 1 rings (SSSR count). The van der Waals surface area contributed by atoms with E-state index in [2.05, 4.69) is 4.74 Å². The average molecular weight is 181 g/mol. The summed E-state index contributed by atoms with van der Waals surface area (Å²) in [5, 5.41) is 0. The molecule has 1 heterocycles. The molecule has 0 saturated heterocycles. The number of rotatable bonds is 3. The number of methoxy groups -OCH3 is 1. The molecule has 2 N–H and O–H groups in total. The summed E-state index contributed by atoms with van der Waals surface area (Å²) in [6.07, 6.45) is 3.44. The van der Waals surface area contributed by atoms with Crippen molar-refractivity contribution in [2.24, 2.45) is 5.73 Å². The van der Waals surface area contributed by atoms with E-state index in [0.717, 1.165) is 0 Å². The summed E-state index contributed by atoms with van der Waals surface area (Å²) in [6.45, 7) is 0.439. The fraction of sp³-hybridized carbons (Fsp3) is 0.222. The Labute approximate surface area is 76.0 Å². The molecule has 0 saturated carbocycles. The molecule has 0 aliphatic carbocycles. The predicted octanol–water partition coefficient (Wildman–Crippen LogP) is 1.04. The van der Waals surface area contributed by atoms with Crippen molar-refractivity contribution >= 4 is 12.0 Å². The quantitative estimate of drug-likeness (QED) is 0.707. The Kier molecular flexibility index (Phi) is 3.28. The van der Waals surface area contributed by atoms with Gasteiger partial charge in [0.25, 0.3) is 0 Å². The van der Waals surface area contributed by atoms with Crippen LogP contribution < -0.4 is 5.73 Å². The zero-order chi connectivity index (χ0) is 9.68. The molecule has 0 bridgehead atoms. The standard InChI is InChI=1S/C9H11NO3/c1-12-9(11)8-5-4-7(13-8)3-2-6-10/h2-5H,6,10H2,1H3. The second-order valence-corrected chi connectivity index (χ2v) is 2.33. The first-order valence-corrected chi connectivity index (χ1v) is 3.82. The van der Waals surface area contributed by atoms with Crippen LogP contribution in [0.4, 0.5) is 0 Å². The second kappa shape index (κ2) is 4.47. The number of nitrogens with two attached hydrogens (primary N) is 1. The lowest BCUT2D eigenvalue weighted by atomic mass is 10.4. The first-order valence-electron chi connectivity index (χ1n) is 3.82. The van der Waals surface area contributed by atoms with Crippen LogP contribution in [0.25, 0.3) is 6.08 Å². The van der Waals surface area contributed by atoms with Gasteiger partial charge in [0, 0.05) is 6.54 Å². The minimum Gasteiger partial charge on any atom is -0.463 e. The van der Waals surface area contributed by atoms with Crippen molar-refractivity contribution in [1.82, 2.24) is 0 Å². The number of hydrogen-bond acceptors (Lipinski definition) is 4. The van der Waals surface area contributed by atoms with Gasteiger partial charge in [-0.05, 0) is 18.2 Å². The molecule has 0 aliphatic rings. The zero-order valence-corrected chi connectivity index (χ0v) is 7.32. The normalized spacial score (nSPS) is 10.6.